The van der Waals surface area contributed by atoms with E-state index in [-0.39, 0.29) is 5.41 Å². The molecule has 5 heteroatoms. The summed E-state index contributed by atoms with van der Waals surface area (Å²) in [5.74, 6) is -1.22. The maximum absolute atomic E-state index is 12.4. The molecule has 0 atom stereocenters. The number of rotatable bonds is 4. The molecule has 0 aliphatic heterocycles. The smallest absolute Gasteiger partial charge is 0.296 e. The zero-order valence-corrected chi connectivity index (χ0v) is 15.1. The lowest BCUT2D eigenvalue weighted by Crippen LogP contribution is -2.23. The third-order valence-corrected chi connectivity index (χ3v) is 4.09. The number of benzene rings is 2. The molecule has 0 saturated heterocycles. The zero-order valence-electron chi connectivity index (χ0n) is 15.1. The van der Waals surface area contributed by atoms with Crippen LogP contribution in [-0.4, -0.2) is 21.5 Å². The van der Waals surface area contributed by atoms with Gasteiger partial charge in [-0.3, -0.25) is 9.59 Å². The van der Waals surface area contributed by atoms with Gasteiger partial charge in [-0.2, -0.15) is 5.10 Å². The first-order chi connectivity index (χ1) is 12.3. The van der Waals surface area contributed by atoms with E-state index in [1.54, 1.807) is 41.2 Å². The van der Waals surface area contributed by atoms with Gasteiger partial charge in [0.25, 0.3) is 11.7 Å². The van der Waals surface area contributed by atoms with E-state index in [0.29, 0.717) is 11.3 Å². The molecule has 2 aromatic carbocycles. The number of anilines is 1. The molecule has 3 rings (SSSR count). The van der Waals surface area contributed by atoms with Crippen LogP contribution < -0.4 is 5.32 Å². The molecule has 0 aliphatic carbocycles. The van der Waals surface area contributed by atoms with Crippen LogP contribution in [0.5, 0.6) is 0 Å². The zero-order chi connectivity index (χ0) is 18.7. The van der Waals surface area contributed by atoms with Crippen LogP contribution in [0.15, 0.2) is 67.0 Å². The Morgan fingerprint density at radius 3 is 2.35 bits per heavy atom. The lowest BCUT2D eigenvalue weighted by atomic mass is 9.86. The van der Waals surface area contributed by atoms with E-state index >= 15 is 0 Å². The third kappa shape index (κ3) is 3.88. The van der Waals surface area contributed by atoms with E-state index in [1.165, 1.54) is 0 Å². The molecule has 132 valence electrons. The standard InChI is InChI=1S/C21H21N3O2/c1-21(2,3)16-10-8-15(9-11-16)19(25)20(26)23-17-6-4-7-18(14-17)24-13-5-12-22-24/h4-14H,1-3H3,(H,23,26). The Hall–Kier alpha value is -3.21. The summed E-state index contributed by atoms with van der Waals surface area (Å²) < 4.78 is 1.68. The number of hydrogen-bond acceptors (Lipinski definition) is 3. The lowest BCUT2D eigenvalue weighted by Gasteiger charge is -2.18. The molecule has 0 bridgehead atoms. The van der Waals surface area contributed by atoms with Gasteiger partial charge in [-0.25, -0.2) is 4.68 Å². The van der Waals surface area contributed by atoms with Crippen molar-refractivity contribution in [1.82, 2.24) is 9.78 Å². The molecule has 26 heavy (non-hydrogen) atoms. The van der Waals surface area contributed by atoms with Crippen molar-refractivity contribution < 1.29 is 9.59 Å². The Labute approximate surface area is 152 Å². The van der Waals surface area contributed by atoms with Crippen LogP contribution in [0.3, 0.4) is 0 Å². The molecule has 1 aromatic heterocycles. The van der Waals surface area contributed by atoms with E-state index in [9.17, 15) is 9.59 Å². The van der Waals surface area contributed by atoms with Gasteiger partial charge in [0.15, 0.2) is 0 Å². The number of carbonyl (C=O) groups is 2. The number of aromatic nitrogens is 2. The summed E-state index contributed by atoms with van der Waals surface area (Å²) in [4.78, 5) is 24.7. The summed E-state index contributed by atoms with van der Waals surface area (Å²) in [6.45, 7) is 6.30. The summed E-state index contributed by atoms with van der Waals surface area (Å²) >= 11 is 0. The van der Waals surface area contributed by atoms with E-state index in [0.717, 1.165) is 11.3 Å². The molecule has 0 aliphatic rings. The number of nitrogens with zero attached hydrogens (tertiary/aromatic N) is 2. The Morgan fingerprint density at radius 1 is 1.00 bits per heavy atom. The Balaban J connectivity index is 1.74. The average molecular weight is 347 g/mol. The van der Waals surface area contributed by atoms with Gasteiger partial charge in [-0.05, 0) is 35.2 Å². The van der Waals surface area contributed by atoms with Gasteiger partial charge < -0.3 is 5.32 Å². The van der Waals surface area contributed by atoms with Crippen LogP contribution in [0, 0.1) is 0 Å². The topological polar surface area (TPSA) is 64.0 Å². The second-order valence-corrected chi connectivity index (χ2v) is 7.11. The Kier molecular flexibility index (Phi) is 4.71. The molecule has 5 nitrogen and oxygen atoms in total. The van der Waals surface area contributed by atoms with Crippen LogP contribution in [0.2, 0.25) is 0 Å². The van der Waals surface area contributed by atoms with Gasteiger partial charge in [0.05, 0.1) is 5.69 Å². The number of amides is 1. The first kappa shape index (κ1) is 17.6. The molecular weight excluding hydrogens is 326 g/mol. The first-order valence-corrected chi connectivity index (χ1v) is 8.41. The van der Waals surface area contributed by atoms with Crippen LogP contribution in [0.1, 0.15) is 36.7 Å². The van der Waals surface area contributed by atoms with Crippen molar-refractivity contribution in [2.75, 3.05) is 5.32 Å². The van der Waals surface area contributed by atoms with Crippen LogP contribution in [0.25, 0.3) is 5.69 Å². The lowest BCUT2D eigenvalue weighted by molar-refractivity contribution is -0.112. The summed E-state index contributed by atoms with van der Waals surface area (Å²) in [6.07, 6.45) is 3.49. The molecule has 1 amide bonds. The SMILES string of the molecule is CC(C)(C)c1ccc(C(=O)C(=O)Nc2cccc(-n3cccn3)c2)cc1. The maximum Gasteiger partial charge on any atom is 0.296 e. The van der Waals surface area contributed by atoms with Gasteiger partial charge in [0.1, 0.15) is 0 Å². The molecule has 0 saturated carbocycles. The molecule has 0 radical (unpaired) electrons. The predicted octanol–water partition coefficient (Wildman–Crippen LogP) is 3.99. The number of carbonyl (C=O) groups excluding carboxylic acids is 2. The Bertz CT molecular complexity index is 921. The summed E-state index contributed by atoms with van der Waals surface area (Å²) in [7, 11) is 0. The highest BCUT2D eigenvalue weighted by Gasteiger charge is 2.18. The first-order valence-electron chi connectivity index (χ1n) is 8.41. The second-order valence-electron chi connectivity index (χ2n) is 7.11. The van der Waals surface area contributed by atoms with Crippen molar-refractivity contribution in [2.45, 2.75) is 26.2 Å². The number of Topliss-reactive ketones (excluding diaryl/α,β-unsaturated/α-hetero) is 1. The van der Waals surface area contributed by atoms with E-state index in [4.69, 9.17) is 0 Å². The molecule has 1 heterocycles. The quantitative estimate of drug-likeness (QED) is 0.573. The minimum atomic E-state index is -0.661. The molecule has 0 spiro atoms. The van der Waals surface area contributed by atoms with Crippen LogP contribution in [-0.2, 0) is 10.2 Å². The third-order valence-electron chi connectivity index (χ3n) is 4.09. The van der Waals surface area contributed by atoms with Crippen molar-refractivity contribution in [3.8, 4) is 5.69 Å². The largest absolute Gasteiger partial charge is 0.319 e. The van der Waals surface area contributed by atoms with Gasteiger partial charge in [-0.15, -0.1) is 0 Å². The summed E-state index contributed by atoms with van der Waals surface area (Å²) in [5.41, 5.74) is 2.83. The van der Waals surface area contributed by atoms with Crippen LogP contribution >= 0.6 is 0 Å². The normalized spacial score (nSPS) is 11.2. The predicted molar refractivity (Wildman–Crippen MR) is 102 cm³/mol. The highest BCUT2D eigenvalue weighted by molar-refractivity contribution is 6.46. The fourth-order valence-electron chi connectivity index (χ4n) is 2.59. The second kappa shape index (κ2) is 6.96. The van der Waals surface area contributed by atoms with Gasteiger partial charge >= 0.3 is 0 Å². The average Bonchev–Trinajstić information content (AvgIpc) is 3.15. The Morgan fingerprint density at radius 2 is 1.73 bits per heavy atom. The molecule has 1 N–H and O–H groups in total. The van der Waals surface area contributed by atoms with Crippen molar-refractivity contribution in [2.24, 2.45) is 0 Å². The fraction of sp³-hybridized carbons (Fsp3) is 0.190. The van der Waals surface area contributed by atoms with E-state index in [1.807, 2.05) is 30.5 Å². The molecule has 0 fully saturated rings. The summed E-state index contributed by atoms with van der Waals surface area (Å²) in [5, 5.41) is 6.81. The summed E-state index contributed by atoms with van der Waals surface area (Å²) in [6, 6.07) is 16.2. The van der Waals surface area contributed by atoms with E-state index < -0.39 is 11.7 Å². The number of ketones is 1. The fourth-order valence-corrected chi connectivity index (χ4v) is 2.59. The van der Waals surface area contributed by atoms with Gasteiger partial charge in [0, 0.05) is 23.6 Å². The van der Waals surface area contributed by atoms with Crippen molar-refractivity contribution in [3.63, 3.8) is 0 Å². The van der Waals surface area contributed by atoms with E-state index in [2.05, 4.69) is 31.2 Å². The monoisotopic (exact) mass is 347 g/mol. The molecule has 3 aromatic rings. The molecular formula is C21H21N3O2. The van der Waals surface area contributed by atoms with Gasteiger partial charge in [-0.1, -0.05) is 51.1 Å². The maximum atomic E-state index is 12.4. The van der Waals surface area contributed by atoms with Crippen molar-refractivity contribution in [3.05, 3.63) is 78.1 Å². The number of hydrogen-bond donors (Lipinski definition) is 1. The van der Waals surface area contributed by atoms with Crippen LogP contribution in [0.4, 0.5) is 5.69 Å². The van der Waals surface area contributed by atoms with Crippen molar-refractivity contribution in [1.29, 1.82) is 0 Å². The highest BCUT2D eigenvalue weighted by Crippen LogP contribution is 2.22. The highest BCUT2D eigenvalue weighted by atomic mass is 16.2. The van der Waals surface area contributed by atoms with Crippen molar-refractivity contribution >= 4 is 17.4 Å². The molecule has 0 unspecified atom stereocenters. The van der Waals surface area contributed by atoms with Gasteiger partial charge in [0.2, 0.25) is 0 Å². The number of nitrogens with one attached hydrogen (secondary N) is 1. The minimum Gasteiger partial charge on any atom is -0.319 e. The minimum absolute atomic E-state index is 0.00320.